The fraction of sp³-hybridized carbons (Fsp3) is 0.636. The summed E-state index contributed by atoms with van der Waals surface area (Å²) in [5, 5.41) is 8.71. The summed E-state index contributed by atoms with van der Waals surface area (Å²) in [7, 11) is 0. The van der Waals surface area contributed by atoms with Gasteiger partial charge in [0.05, 0.1) is 19.3 Å². The molecule has 1 aromatic carbocycles. The predicted molar refractivity (Wildman–Crippen MR) is 109 cm³/mol. The highest BCUT2D eigenvalue weighted by atomic mass is 16.5. The molecule has 0 aromatic heterocycles. The zero-order chi connectivity index (χ0) is 20.5. The number of rotatable bonds is 11. The number of Topliss-reactive ketones (excluding diaryl/α,β-unsaturated/α-hetero) is 2. The minimum absolute atomic E-state index is 0.00469. The number of carbonyl (C=O) groups is 2. The van der Waals surface area contributed by atoms with Crippen LogP contribution in [-0.2, 0) is 9.47 Å². The largest absolute Gasteiger partial charge is 0.396 e. The minimum Gasteiger partial charge on any atom is -0.396 e. The van der Waals surface area contributed by atoms with Crippen LogP contribution in [0.4, 0.5) is 5.69 Å². The van der Waals surface area contributed by atoms with Crippen LogP contribution in [0.1, 0.15) is 60.7 Å². The van der Waals surface area contributed by atoms with Gasteiger partial charge in [0.25, 0.3) is 0 Å². The van der Waals surface area contributed by atoms with E-state index in [1.807, 2.05) is 26.0 Å². The van der Waals surface area contributed by atoms with E-state index in [0.717, 1.165) is 31.6 Å². The van der Waals surface area contributed by atoms with Crippen LogP contribution in [0.5, 0.6) is 0 Å². The lowest BCUT2D eigenvalue weighted by molar-refractivity contribution is -0.00662. The van der Waals surface area contributed by atoms with Gasteiger partial charge in [-0.1, -0.05) is 13.8 Å². The summed E-state index contributed by atoms with van der Waals surface area (Å²) < 4.78 is 11.3. The Morgan fingerprint density at radius 3 is 2.46 bits per heavy atom. The fourth-order valence-electron chi connectivity index (χ4n) is 3.37. The molecule has 0 saturated carbocycles. The van der Waals surface area contributed by atoms with Gasteiger partial charge in [0.15, 0.2) is 11.6 Å². The van der Waals surface area contributed by atoms with Gasteiger partial charge in [-0.05, 0) is 44.4 Å². The summed E-state index contributed by atoms with van der Waals surface area (Å²) in [6.45, 7) is 8.74. The van der Waals surface area contributed by atoms with E-state index < -0.39 is 0 Å². The Bertz CT molecular complexity index is 650. The average molecular weight is 392 g/mol. The van der Waals surface area contributed by atoms with Gasteiger partial charge in [0, 0.05) is 49.0 Å². The third-order valence-electron chi connectivity index (χ3n) is 5.01. The molecule has 156 valence electrons. The second-order valence-electron chi connectivity index (χ2n) is 7.55. The van der Waals surface area contributed by atoms with Crippen molar-refractivity contribution < 1.29 is 24.2 Å². The smallest absolute Gasteiger partial charge is 0.166 e. The molecule has 0 radical (unpaired) electrons. The number of benzene rings is 1. The molecule has 1 aliphatic heterocycles. The Labute approximate surface area is 167 Å². The third-order valence-corrected chi connectivity index (χ3v) is 5.01. The molecule has 6 nitrogen and oxygen atoms in total. The van der Waals surface area contributed by atoms with Crippen LogP contribution in [0.15, 0.2) is 18.2 Å². The lowest BCUT2D eigenvalue weighted by atomic mass is 9.93. The first-order chi connectivity index (χ1) is 13.4. The highest BCUT2D eigenvalue weighted by Gasteiger charge is 2.23. The van der Waals surface area contributed by atoms with Crippen molar-refractivity contribution >= 4 is 17.3 Å². The van der Waals surface area contributed by atoms with Crippen LogP contribution in [0.3, 0.4) is 0 Å². The fourth-order valence-corrected chi connectivity index (χ4v) is 3.37. The molecular formula is C22H33NO5. The lowest BCUT2D eigenvalue weighted by Gasteiger charge is -2.34. The number of carbonyl (C=O) groups excluding carboxylic acids is 2. The number of aliphatic hydroxyl groups excluding tert-OH is 1. The summed E-state index contributed by atoms with van der Waals surface area (Å²) in [6.07, 6.45) is 2.70. The van der Waals surface area contributed by atoms with Crippen molar-refractivity contribution in [3.05, 3.63) is 29.3 Å². The Hall–Kier alpha value is -1.76. The zero-order valence-corrected chi connectivity index (χ0v) is 17.3. The number of ether oxygens (including phenoxy) is 2. The van der Waals surface area contributed by atoms with Crippen molar-refractivity contribution in [2.75, 3.05) is 44.4 Å². The maximum atomic E-state index is 12.4. The van der Waals surface area contributed by atoms with E-state index in [9.17, 15) is 9.59 Å². The molecule has 1 aliphatic rings. The van der Waals surface area contributed by atoms with E-state index in [-0.39, 0.29) is 30.2 Å². The number of piperidine rings is 1. The molecule has 0 bridgehead atoms. The van der Waals surface area contributed by atoms with E-state index in [0.29, 0.717) is 37.4 Å². The normalized spacial score (nSPS) is 15.2. The first-order valence-corrected chi connectivity index (χ1v) is 10.2. The van der Waals surface area contributed by atoms with Crippen molar-refractivity contribution in [1.29, 1.82) is 0 Å². The lowest BCUT2D eigenvalue weighted by Crippen LogP contribution is -2.37. The predicted octanol–water partition coefficient (Wildman–Crippen LogP) is 3.11. The highest BCUT2D eigenvalue weighted by molar-refractivity contribution is 6.09. The van der Waals surface area contributed by atoms with Crippen LogP contribution in [0.2, 0.25) is 0 Å². The number of ketones is 2. The maximum Gasteiger partial charge on any atom is 0.166 e. The molecule has 28 heavy (non-hydrogen) atoms. The summed E-state index contributed by atoms with van der Waals surface area (Å²) in [5.41, 5.74) is 2.01. The maximum absolute atomic E-state index is 12.4. The second-order valence-corrected chi connectivity index (χ2v) is 7.55. The van der Waals surface area contributed by atoms with Gasteiger partial charge < -0.3 is 19.5 Å². The molecule has 1 aromatic rings. The summed E-state index contributed by atoms with van der Waals surface area (Å²) in [6, 6.07) is 5.59. The summed E-state index contributed by atoms with van der Waals surface area (Å²) in [5.74, 6) is -0.209. The van der Waals surface area contributed by atoms with Crippen molar-refractivity contribution in [2.24, 2.45) is 5.92 Å². The molecule has 0 atom stereocenters. The van der Waals surface area contributed by atoms with Gasteiger partial charge in [0.2, 0.25) is 0 Å². The number of nitrogens with zero attached hydrogens (tertiary/aromatic N) is 1. The van der Waals surface area contributed by atoms with Crippen LogP contribution in [0.25, 0.3) is 0 Å². The Morgan fingerprint density at radius 2 is 1.86 bits per heavy atom. The molecule has 0 amide bonds. The molecule has 0 unspecified atom stereocenters. The highest BCUT2D eigenvalue weighted by Crippen LogP contribution is 2.26. The molecule has 1 N–H and O–H groups in total. The third kappa shape index (κ3) is 6.40. The average Bonchev–Trinajstić information content (AvgIpc) is 2.70. The molecule has 1 saturated heterocycles. The number of anilines is 1. The van der Waals surface area contributed by atoms with Crippen molar-refractivity contribution in [2.45, 2.75) is 46.1 Å². The Morgan fingerprint density at radius 1 is 1.14 bits per heavy atom. The van der Waals surface area contributed by atoms with E-state index in [4.69, 9.17) is 14.6 Å². The second kappa shape index (κ2) is 11.3. The molecule has 0 aliphatic carbocycles. The topological polar surface area (TPSA) is 76.1 Å². The molecule has 0 spiro atoms. The first-order valence-electron chi connectivity index (χ1n) is 10.2. The van der Waals surface area contributed by atoms with Gasteiger partial charge in [-0.3, -0.25) is 9.59 Å². The standard InChI is InChI=1S/C22H33NO5/c1-16(2)22(26)20-6-5-18(15-21(20)17(3)25)23-9-7-19(8-10-23)28-14-13-27-12-4-11-24/h5-6,15-16,19,24H,4,7-14H2,1-3H3. The van der Waals surface area contributed by atoms with Crippen LogP contribution < -0.4 is 4.90 Å². The monoisotopic (exact) mass is 391 g/mol. The van der Waals surface area contributed by atoms with Crippen LogP contribution in [0, 0.1) is 5.92 Å². The number of aliphatic hydroxyl groups is 1. The van der Waals surface area contributed by atoms with Crippen molar-refractivity contribution in [1.82, 2.24) is 0 Å². The van der Waals surface area contributed by atoms with Gasteiger partial charge in [-0.2, -0.15) is 0 Å². The van der Waals surface area contributed by atoms with Crippen molar-refractivity contribution in [3.8, 4) is 0 Å². The summed E-state index contributed by atoms with van der Waals surface area (Å²) in [4.78, 5) is 26.7. The van der Waals surface area contributed by atoms with Crippen molar-refractivity contribution in [3.63, 3.8) is 0 Å². The summed E-state index contributed by atoms with van der Waals surface area (Å²) >= 11 is 0. The first kappa shape index (κ1) is 22.5. The van der Waals surface area contributed by atoms with Gasteiger partial charge in [-0.15, -0.1) is 0 Å². The Kier molecular flexibility index (Phi) is 9.09. The van der Waals surface area contributed by atoms with E-state index >= 15 is 0 Å². The van der Waals surface area contributed by atoms with Crippen LogP contribution >= 0.6 is 0 Å². The molecule has 2 rings (SSSR count). The molecule has 1 heterocycles. The van der Waals surface area contributed by atoms with E-state index in [1.165, 1.54) is 6.92 Å². The minimum atomic E-state index is -0.135. The quantitative estimate of drug-likeness (QED) is 0.461. The van der Waals surface area contributed by atoms with Gasteiger partial charge in [0.1, 0.15) is 0 Å². The van der Waals surface area contributed by atoms with E-state index in [1.54, 1.807) is 6.07 Å². The molecule has 6 heteroatoms. The van der Waals surface area contributed by atoms with Gasteiger partial charge in [-0.25, -0.2) is 0 Å². The van der Waals surface area contributed by atoms with Gasteiger partial charge >= 0.3 is 0 Å². The van der Waals surface area contributed by atoms with Crippen LogP contribution in [-0.4, -0.2) is 62.3 Å². The van der Waals surface area contributed by atoms with E-state index in [2.05, 4.69) is 4.90 Å². The molecular weight excluding hydrogens is 358 g/mol. The Balaban J connectivity index is 1.89. The number of hydrogen-bond donors (Lipinski definition) is 1. The molecule has 1 fully saturated rings. The number of hydrogen-bond acceptors (Lipinski definition) is 6. The zero-order valence-electron chi connectivity index (χ0n) is 17.3. The SMILES string of the molecule is CC(=O)c1cc(N2CCC(OCCOCCCO)CC2)ccc1C(=O)C(C)C.